The van der Waals surface area contributed by atoms with E-state index >= 15 is 0 Å². The second-order valence-electron chi connectivity index (χ2n) is 4.49. The standard InChI is InChI=1S/C15H17NO2/c1-11-9-13(18-3)6-7-14(11)15(2,17)12-5-4-8-16-10-12/h4-10,17H,1-3H3. The van der Waals surface area contributed by atoms with E-state index in [1.54, 1.807) is 26.4 Å². The van der Waals surface area contributed by atoms with Gasteiger partial charge in [0.05, 0.1) is 7.11 Å². The van der Waals surface area contributed by atoms with Gasteiger partial charge in [0, 0.05) is 18.0 Å². The molecule has 0 aliphatic rings. The molecule has 18 heavy (non-hydrogen) atoms. The van der Waals surface area contributed by atoms with E-state index in [2.05, 4.69) is 4.98 Å². The van der Waals surface area contributed by atoms with Crippen molar-refractivity contribution in [1.29, 1.82) is 0 Å². The molecule has 1 heterocycles. The summed E-state index contributed by atoms with van der Waals surface area (Å²) in [5.41, 5.74) is 1.57. The molecule has 2 rings (SSSR count). The van der Waals surface area contributed by atoms with Crippen molar-refractivity contribution in [3.8, 4) is 5.75 Å². The number of aromatic nitrogens is 1. The van der Waals surface area contributed by atoms with Gasteiger partial charge in [-0.1, -0.05) is 12.1 Å². The van der Waals surface area contributed by atoms with Crippen molar-refractivity contribution in [2.45, 2.75) is 19.4 Å². The number of aryl methyl sites for hydroxylation is 1. The molecule has 0 saturated heterocycles. The van der Waals surface area contributed by atoms with E-state index in [-0.39, 0.29) is 0 Å². The molecule has 0 bridgehead atoms. The molecule has 0 fully saturated rings. The van der Waals surface area contributed by atoms with Crippen molar-refractivity contribution in [3.63, 3.8) is 0 Å². The average Bonchev–Trinajstić information content (AvgIpc) is 2.39. The van der Waals surface area contributed by atoms with E-state index < -0.39 is 5.60 Å². The lowest BCUT2D eigenvalue weighted by Gasteiger charge is -2.26. The van der Waals surface area contributed by atoms with Crippen LogP contribution in [0, 0.1) is 6.92 Å². The molecule has 1 aromatic heterocycles. The lowest BCUT2D eigenvalue weighted by molar-refractivity contribution is 0.101. The van der Waals surface area contributed by atoms with Gasteiger partial charge in [0.25, 0.3) is 0 Å². The Labute approximate surface area is 107 Å². The quantitative estimate of drug-likeness (QED) is 0.901. The Kier molecular flexibility index (Phi) is 3.34. The maximum atomic E-state index is 10.7. The molecule has 0 aliphatic heterocycles. The lowest BCUT2D eigenvalue weighted by Crippen LogP contribution is -2.24. The summed E-state index contributed by atoms with van der Waals surface area (Å²) in [6, 6.07) is 9.36. The fraction of sp³-hybridized carbons (Fsp3) is 0.267. The van der Waals surface area contributed by atoms with Crippen LogP contribution in [0.3, 0.4) is 0 Å². The highest BCUT2D eigenvalue weighted by Gasteiger charge is 2.27. The van der Waals surface area contributed by atoms with Gasteiger partial charge in [-0.3, -0.25) is 4.98 Å². The van der Waals surface area contributed by atoms with Crippen LogP contribution in [0.4, 0.5) is 0 Å². The smallest absolute Gasteiger partial charge is 0.119 e. The van der Waals surface area contributed by atoms with Crippen LogP contribution in [-0.4, -0.2) is 17.2 Å². The van der Waals surface area contributed by atoms with Crippen LogP contribution in [0.15, 0.2) is 42.7 Å². The zero-order valence-electron chi connectivity index (χ0n) is 10.8. The SMILES string of the molecule is COc1ccc(C(C)(O)c2cccnc2)c(C)c1. The number of rotatable bonds is 3. The first kappa shape index (κ1) is 12.6. The highest BCUT2D eigenvalue weighted by atomic mass is 16.5. The third kappa shape index (κ3) is 2.22. The molecule has 0 radical (unpaired) electrons. The van der Waals surface area contributed by atoms with Gasteiger partial charge in [-0.25, -0.2) is 0 Å². The van der Waals surface area contributed by atoms with Gasteiger partial charge in [0.15, 0.2) is 0 Å². The first-order valence-electron chi connectivity index (χ1n) is 5.83. The summed E-state index contributed by atoms with van der Waals surface area (Å²) in [5, 5.41) is 10.7. The number of ether oxygens (including phenoxy) is 1. The minimum atomic E-state index is -1.05. The van der Waals surface area contributed by atoms with E-state index in [0.717, 1.165) is 22.4 Å². The van der Waals surface area contributed by atoms with Crippen molar-refractivity contribution < 1.29 is 9.84 Å². The van der Waals surface area contributed by atoms with E-state index in [0.29, 0.717) is 0 Å². The van der Waals surface area contributed by atoms with Gasteiger partial charge < -0.3 is 9.84 Å². The Bertz CT molecular complexity index is 535. The number of hydrogen-bond donors (Lipinski definition) is 1. The number of nitrogens with zero attached hydrogens (tertiary/aromatic N) is 1. The topological polar surface area (TPSA) is 42.4 Å². The Hall–Kier alpha value is -1.87. The molecular formula is C15H17NO2. The first-order chi connectivity index (χ1) is 8.55. The Morgan fingerprint density at radius 1 is 1.28 bits per heavy atom. The van der Waals surface area contributed by atoms with Gasteiger partial charge in [-0.05, 0) is 43.2 Å². The molecule has 2 aromatic rings. The first-order valence-corrected chi connectivity index (χ1v) is 5.83. The molecule has 3 heteroatoms. The van der Waals surface area contributed by atoms with E-state index in [9.17, 15) is 5.11 Å². The van der Waals surface area contributed by atoms with Gasteiger partial charge >= 0.3 is 0 Å². The fourth-order valence-corrected chi connectivity index (χ4v) is 2.12. The van der Waals surface area contributed by atoms with Gasteiger partial charge in [-0.15, -0.1) is 0 Å². The molecule has 1 aromatic carbocycles. The van der Waals surface area contributed by atoms with Crippen LogP contribution in [0.5, 0.6) is 5.75 Å². The lowest BCUT2D eigenvalue weighted by atomic mass is 9.86. The zero-order valence-corrected chi connectivity index (χ0v) is 10.8. The summed E-state index contributed by atoms with van der Waals surface area (Å²) in [6.07, 6.45) is 3.38. The minimum Gasteiger partial charge on any atom is -0.497 e. The summed E-state index contributed by atoms with van der Waals surface area (Å²) in [7, 11) is 1.63. The van der Waals surface area contributed by atoms with Crippen molar-refractivity contribution >= 4 is 0 Å². The van der Waals surface area contributed by atoms with E-state index in [4.69, 9.17) is 4.74 Å². The molecule has 3 nitrogen and oxygen atoms in total. The van der Waals surface area contributed by atoms with Crippen LogP contribution in [-0.2, 0) is 5.60 Å². The molecule has 94 valence electrons. The Morgan fingerprint density at radius 2 is 2.06 bits per heavy atom. The van der Waals surface area contributed by atoms with Crippen molar-refractivity contribution in [1.82, 2.24) is 4.98 Å². The third-order valence-corrected chi connectivity index (χ3v) is 3.18. The summed E-state index contributed by atoms with van der Waals surface area (Å²) in [6.45, 7) is 3.74. The maximum Gasteiger partial charge on any atom is 0.119 e. The molecule has 1 unspecified atom stereocenters. The number of pyridine rings is 1. The second kappa shape index (κ2) is 4.78. The molecule has 1 N–H and O–H groups in total. The van der Waals surface area contributed by atoms with Crippen LogP contribution in [0.1, 0.15) is 23.6 Å². The molecule has 0 aliphatic carbocycles. The highest BCUT2D eigenvalue weighted by Crippen LogP contribution is 2.32. The van der Waals surface area contributed by atoms with E-state index in [1.807, 2.05) is 37.3 Å². The van der Waals surface area contributed by atoms with Gasteiger partial charge in [0.1, 0.15) is 11.4 Å². The number of hydrogen-bond acceptors (Lipinski definition) is 3. The minimum absolute atomic E-state index is 0.776. The molecule has 0 spiro atoms. The van der Waals surface area contributed by atoms with Crippen LogP contribution >= 0.6 is 0 Å². The predicted octanol–water partition coefficient (Wildman–Crippen LogP) is 2.65. The summed E-state index contributed by atoms with van der Waals surface area (Å²) >= 11 is 0. The average molecular weight is 243 g/mol. The Balaban J connectivity index is 2.48. The highest BCUT2D eigenvalue weighted by molar-refractivity contribution is 5.42. The zero-order chi connectivity index (χ0) is 13.2. The van der Waals surface area contributed by atoms with Crippen LogP contribution in [0.2, 0.25) is 0 Å². The van der Waals surface area contributed by atoms with E-state index in [1.165, 1.54) is 0 Å². The predicted molar refractivity (Wildman–Crippen MR) is 70.6 cm³/mol. The van der Waals surface area contributed by atoms with Crippen molar-refractivity contribution in [3.05, 3.63) is 59.4 Å². The summed E-state index contributed by atoms with van der Waals surface area (Å²) in [4.78, 5) is 4.06. The molecule has 1 atom stereocenters. The number of methoxy groups -OCH3 is 1. The molecular weight excluding hydrogens is 226 g/mol. The summed E-state index contributed by atoms with van der Waals surface area (Å²) in [5.74, 6) is 0.790. The molecule has 0 saturated carbocycles. The van der Waals surface area contributed by atoms with Crippen molar-refractivity contribution in [2.75, 3.05) is 7.11 Å². The molecule has 0 amide bonds. The van der Waals surface area contributed by atoms with Crippen LogP contribution in [0.25, 0.3) is 0 Å². The second-order valence-corrected chi connectivity index (χ2v) is 4.49. The normalized spacial score (nSPS) is 14.0. The number of benzene rings is 1. The monoisotopic (exact) mass is 243 g/mol. The maximum absolute atomic E-state index is 10.7. The largest absolute Gasteiger partial charge is 0.497 e. The van der Waals surface area contributed by atoms with Crippen LogP contribution < -0.4 is 4.74 Å². The Morgan fingerprint density at radius 3 is 2.61 bits per heavy atom. The van der Waals surface area contributed by atoms with Gasteiger partial charge in [-0.2, -0.15) is 0 Å². The fourth-order valence-electron chi connectivity index (χ4n) is 2.12. The summed E-state index contributed by atoms with van der Waals surface area (Å²) < 4.78 is 5.17. The number of aliphatic hydroxyl groups is 1. The van der Waals surface area contributed by atoms with Gasteiger partial charge in [0.2, 0.25) is 0 Å². The third-order valence-electron chi connectivity index (χ3n) is 3.18. The van der Waals surface area contributed by atoms with Crippen molar-refractivity contribution in [2.24, 2.45) is 0 Å².